The van der Waals surface area contributed by atoms with Crippen LogP contribution in [0.3, 0.4) is 0 Å². The van der Waals surface area contributed by atoms with E-state index in [9.17, 15) is 14.0 Å². The van der Waals surface area contributed by atoms with Gasteiger partial charge in [-0.3, -0.25) is 4.79 Å². The number of nitrogens with zero attached hydrogens (tertiary/aromatic N) is 2. The van der Waals surface area contributed by atoms with E-state index in [0.717, 1.165) is 12.8 Å². The summed E-state index contributed by atoms with van der Waals surface area (Å²) in [5, 5.41) is 3.28. The fourth-order valence-electron chi connectivity index (χ4n) is 3.17. The summed E-state index contributed by atoms with van der Waals surface area (Å²) in [4.78, 5) is 30.2. The molecule has 0 unspecified atom stereocenters. The second-order valence-corrected chi connectivity index (χ2v) is 6.54. The standard InChI is InChI=1S/C20H23FN4O3/c1-2-28-20(27)25-11-9-13(10-12-25)23-17-8-7-15(19(22)24-17)18(26)14-5-3-4-6-16(14)21/h3-8,13H,2,9-12H2,1H3,(H3,22,23,24). The van der Waals surface area contributed by atoms with Gasteiger partial charge in [-0.1, -0.05) is 12.1 Å². The largest absolute Gasteiger partial charge is 0.450 e. The van der Waals surface area contributed by atoms with Crippen LogP contribution in [0.4, 0.5) is 20.8 Å². The molecule has 2 heterocycles. The predicted octanol–water partition coefficient (Wildman–Crippen LogP) is 3.07. The summed E-state index contributed by atoms with van der Waals surface area (Å²) < 4.78 is 18.9. The molecule has 0 spiro atoms. The smallest absolute Gasteiger partial charge is 0.409 e. The van der Waals surface area contributed by atoms with E-state index in [2.05, 4.69) is 10.3 Å². The minimum absolute atomic E-state index is 0.0388. The molecule has 0 radical (unpaired) electrons. The number of halogens is 1. The van der Waals surface area contributed by atoms with Crippen molar-refractivity contribution < 1.29 is 18.7 Å². The molecule has 148 valence electrons. The third kappa shape index (κ3) is 4.39. The van der Waals surface area contributed by atoms with Crippen molar-refractivity contribution >= 4 is 23.5 Å². The van der Waals surface area contributed by atoms with Crippen molar-refractivity contribution in [3.8, 4) is 0 Å². The van der Waals surface area contributed by atoms with Crippen molar-refractivity contribution in [2.45, 2.75) is 25.8 Å². The molecule has 2 aromatic rings. The Hall–Kier alpha value is -3.16. The van der Waals surface area contributed by atoms with Crippen LogP contribution in [0.1, 0.15) is 35.7 Å². The molecule has 0 atom stereocenters. The second-order valence-electron chi connectivity index (χ2n) is 6.54. The molecule has 1 aliphatic rings. The Morgan fingerprint density at radius 1 is 1.21 bits per heavy atom. The first-order valence-electron chi connectivity index (χ1n) is 9.23. The average molecular weight is 386 g/mol. The molecule has 1 saturated heterocycles. The number of likely N-dealkylation sites (tertiary alicyclic amines) is 1. The average Bonchev–Trinajstić information content (AvgIpc) is 2.69. The monoisotopic (exact) mass is 386 g/mol. The third-order valence-corrected chi connectivity index (χ3v) is 4.66. The molecule has 0 bridgehead atoms. The fraction of sp³-hybridized carbons (Fsp3) is 0.350. The van der Waals surface area contributed by atoms with E-state index in [0.29, 0.717) is 25.5 Å². The number of rotatable bonds is 5. The van der Waals surface area contributed by atoms with Gasteiger partial charge in [-0.25, -0.2) is 14.2 Å². The third-order valence-electron chi connectivity index (χ3n) is 4.66. The van der Waals surface area contributed by atoms with Gasteiger partial charge >= 0.3 is 6.09 Å². The number of carbonyl (C=O) groups is 2. The van der Waals surface area contributed by atoms with Crippen LogP contribution in [-0.2, 0) is 4.74 Å². The normalized spacial score (nSPS) is 14.6. The number of carbonyl (C=O) groups excluding carboxylic acids is 2. The predicted molar refractivity (Wildman–Crippen MR) is 104 cm³/mol. The minimum Gasteiger partial charge on any atom is -0.450 e. The van der Waals surface area contributed by atoms with E-state index in [-0.39, 0.29) is 29.1 Å². The number of benzene rings is 1. The molecule has 1 fully saturated rings. The quantitative estimate of drug-likeness (QED) is 0.767. The Morgan fingerprint density at radius 3 is 2.57 bits per heavy atom. The molecule has 7 nitrogen and oxygen atoms in total. The number of hydrogen-bond acceptors (Lipinski definition) is 6. The van der Waals surface area contributed by atoms with Crippen molar-refractivity contribution in [3.63, 3.8) is 0 Å². The number of aromatic nitrogens is 1. The minimum atomic E-state index is -0.595. The first-order valence-corrected chi connectivity index (χ1v) is 9.23. The van der Waals surface area contributed by atoms with E-state index in [1.807, 2.05) is 0 Å². The van der Waals surface area contributed by atoms with E-state index < -0.39 is 11.6 Å². The Bertz CT molecular complexity index is 866. The van der Waals surface area contributed by atoms with Crippen LogP contribution in [0.25, 0.3) is 0 Å². The summed E-state index contributed by atoms with van der Waals surface area (Å²) in [6.45, 7) is 3.33. The molecule has 28 heavy (non-hydrogen) atoms. The highest BCUT2D eigenvalue weighted by molar-refractivity contribution is 6.11. The van der Waals surface area contributed by atoms with Crippen LogP contribution < -0.4 is 11.1 Å². The number of ether oxygens (including phenoxy) is 1. The zero-order chi connectivity index (χ0) is 20.1. The number of ketones is 1. The lowest BCUT2D eigenvalue weighted by Crippen LogP contribution is -2.42. The number of anilines is 2. The van der Waals surface area contributed by atoms with Crippen molar-refractivity contribution in [1.29, 1.82) is 0 Å². The SMILES string of the molecule is CCOC(=O)N1CCC(Nc2ccc(C(=O)c3ccccc3F)c(N)n2)CC1. The van der Waals surface area contributed by atoms with Gasteiger partial charge in [0.2, 0.25) is 0 Å². The van der Waals surface area contributed by atoms with Gasteiger partial charge in [-0.2, -0.15) is 0 Å². The summed E-state index contributed by atoms with van der Waals surface area (Å²) in [5.74, 6) is -0.515. The summed E-state index contributed by atoms with van der Waals surface area (Å²) in [6, 6.07) is 9.10. The maximum absolute atomic E-state index is 13.9. The van der Waals surface area contributed by atoms with E-state index in [1.165, 1.54) is 18.2 Å². The summed E-state index contributed by atoms with van der Waals surface area (Å²) in [5.41, 5.74) is 6.07. The summed E-state index contributed by atoms with van der Waals surface area (Å²) in [7, 11) is 0. The first-order chi connectivity index (χ1) is 13.5. The highest BCUT2D eigenvalue weighted by atomic mass is 19.1. The van der Waals surface area contributed by atoms with Gasteiger partial charge in [-0.05, 0) is 44.0 Å². The van der Waals surface area contributed by atoms with Gasteiger partial charge < -0.3 is 20.7 Å². The van der Waals surface area contributed by atoms with E-state index in [4.69, 9.17) is 10.5 Å². The zero-order valence-electron chi connectivity index (χ0n) is 15.7. The molecule has 1 aliphatic heterocycles. The Labute approximate surface area is 162 Å². The topological polar surface area (TPSA) is 97.5 Å². The highest BCUT2D eigenvalue weighted by Crippen LogP contribution is 2.21. The number of nitrogens with one attached hydrogen (secondary N) is 1. The number of piperidine rings is 1. The molecule has 0 saturated carbocycles. The van der Waals surface area contributed by atoms with E-state index in [1.54, 1.807) is 30.0 Å². The van der Waals surface area contributed by atoms with Gasteiger partial charge in [0.25, 0.3) is 0 Å². The van der Waals surface area contributed by atoms with Crippen LogP contribution >= 0.6 is 0 Å². The molecule has 0 aliphatic carbocycles. The maximum atomic E-state index is 13.9. The maximum Gasteiger partial charge on any atom is 0.409 e. The lowest BCUT2D eigenvalue weighted by Gasteiger charge is -2.31. The zero-order valence-corrected chi connectivity index (χ0v) is 15.7. The summed E-state index contributed by atoms with van der Waals surface area (Å²) in [6.07, 6.45) is 1.20. The van der Waals surface area contributed by atoms with Crippen molar-refractivity contribution in [1.82, 2.24) is 9.88 Å². The first kappa shape index (κ1) is 19.6. The Morgan fingerprint density at radius 2 is 1.93 bits per heavy atom. The molecule has 1 amide bonds. The molecule has 3 rings (SSSR count). The van der Waals surface area contributed by atoms with Crippen LogP contribution in [0.5, 0.6) is 0 Å². The van der Waals surface area contributed by atoms with E-state index >= 15 is 0 Å². The molecule has 8 heteroatoms. The number of pyridine rings is 1. The van der Waals surface area contributed by atoms with Gasteiger partial charge in [0, 0.05) is 19.1 Å². The summed E-state index contributed by atoms with van der Waals surface area (Å²) >= 11 is 0. The molecule has 1 aromatic carbocycles. The van der Waals surface area contributed by atoms with Crippen molar-refractivity contribution in [3.05, 3.63) is 53.3 Å². The lowest BCUT2D eigenvalue weighted by atomic mass is 10.0. The molecule has 1 aromatic heterocycles. The number of nitrogens with two attached hydrogens (primary N) is 1. The van der Waals surface area contributed by atoms with Crippen LogP contribution in [0.15, 0.2) is 36.4 Å². The van der Waals surface area contributed by atoms with Crippen LogP contribution in [0.2, 0.25) is 0 Å². The molecule has 3 N–H and O–H groups in total. The van der Waals surface area contributed by atoms with Gasteiger partial charge in [0.05, 0.1) is 17.7 Å². The number of amides is 1. The Kier molecular flexibility index (Phi) is 6.08. The van der Waals surface area contributed by atoms with Crippen molar-refractivity contribution in [2.24, 2.45) is 0 Å². The molecular formula is C20H23FN4O3. The molecular weight excluding hydrogens is 363 g/mol. The van der Waals surface area contributed by atoms with Gasteiger partial charge in [-0.15, -0.1) is 0 Å². The van der Waals surface area contributed by atoms with Crippen LogP contribution in [-0.4, -0.2) is 47.5 Å². The van der Waals surface area contributed by atoms with Crippen LogP contribution in [0, 0.1) is 5.82 Å². The van der Waals surface area contributed by atoms with Gasteiger partial charge in [0.1, 0.15) is 17.5 Å². The fourth-order valence-corrected chi connectivity index (χ4v) is 3.17. The Balaban J connectivity index is 1.63. The number of hydrogen-bond donors (Lipinski definition) is 2. The second kappa shape index (κ2) is 8.69. The highest BCUT2D eigenvalue weighted by Gasteiger charge is 2.24. The van der Waals surface area contributed by atoms with Crippen molar-refractivity contribution in [2.75, 3.05) is 30.7 Å². The van der Waals surface area contributed by atoms with Gasteiger partial charge in [0.15, 0.2) is 5.78 Å². The lowest BCUT2D eigenvalue weighted by molar-refractivity contribution is 0.0982. The number of nitrogen functional groups attached to an aromatic ring is 1.